The van der Waals surface area contributed by atoms with Crippen molar-refractivity contribution in [3.8, 4) is 0 Å². The zero-order valence-corrected chi connectivity index (χ0v) is 16.4. The minimum absolute atomic E-state index is 0.118. The molecular weight excluding hydrogens is 390 g/mol. The van der Waals surface area contributed by atoms with Gasteiger partial charge in [0.05, 0.1) is 9.82 Å². The van der Waals surface area contributed by atoms with Crippen LogP contribution < -0.4 is 10.5 Å². The van der Waals surface area contributed by atoms with Crippen LogP contribution in [0, 0.1) is 10.1 Å². The maximum absolute atomic E-state index is 11.5. The molecule has 0 saturated heterocycles. The molecule has 0 fully saturated rings. The van der Waals surface area contributed by atoms with Gasteiger partial charge in [-0.15, -0.1) is 0 Å². The summed E-state index contributed by atoms with van der Waals surface area (Å²) in [5.74, 6) is 0.118. The predicted molar refractivity (Wildman–Crippen MR) is 112 cm³/mol. The number of sulfonamides is 1. The summed E-state index contributed by atoms with van der Waals surface area (Å²) in [6, 6.07) is 23.7. The van der Waals surface area contributed by atoms with Crippen molar-refractivity contribution in [2.45, 2.75) is 17.2 Å². The van der Waals surface area contributed by atoms with Gasteiger partial charge in [0, 0.05) is 18.5 Å². The number of nitrogens with one attached hydrogen (secondary N) is 1. The fourth-order valence-corrected chi connectivity index (χ4v) is 3.77. The van der Waals surface area contributed by atoms with Gasteiger partial charge in [0.1, 0.15) is 5.69 Å². The van der Waals surface area contributed by atoms with Gasteiger partial charge in [0.2, 0.25) is 10.0 Å². The number of nitrogens with zero attached hydrogens (tertiary/aromatic N) is 1. The standard InChI is InChI=1S/C21H21N3O4S/c22-29(27,28)18-11-12-20(21(15-18)24(25)26)23-14-13-19(16-7-3-1-4-8-16)17-9-5-2-6-10-17/h1-12,15,19,23H,13-14H2,(H2,22,27,28). The molecule has 0 atom stereocenters. The number of hydrogen-bond acceptors (Lipinski definition) is 5. The topological polar surface area (TPSA) is 115 Å². The van der Waals surface area contributed by atoms with Crippen molar-refractivity contribution in [1.82, 2.24) is 0 Å². The molecule has 0 saturated carbocycles. The summed E-state index contributed by atoms with van der Waals surface area (Å²) in [5, 5.41) is 19.5. The second kappa shape index (κ2) is 8.85. The maximum atomic E-state index is 11.5. The van der Waals surface area contributed by atoms with E-state index in [4.69, 9.17) is 5.14 Å². The smallest absolute Gasteiger partial charge is 0.293 e. The number of hydrogen-bond donors (Lipinski definition) is 2. The Kier molecular flexibility index (Phi) is 6.26. The first-order valence-corrected chi connectivity index (χ1v) is 10.6. The summed E-state index contributed by atoms with van der Waals surface area (Å²) in [5.41, 5.74) is 2.23. The molecule has 29 heavy (non-hydrogen) atoms. The van der Waals surface area contributed by atoms with E-state index in [0.717, 1.165) is 17.2 Å². The summed E-state index contributed by atoms with van der Waals surface area (Å²) in [4.78, 5) is 10.5. The van der Waals surface area contributed by atoms with Gasteiger partial charge in [-0.1, -0.05) is 60.7 Å². The Hall–Kier alpha value is -3.23. The van der Waals surface area contributed by atoms with E-state index in [9.17, 15) is 18.5 Å². The lowest BCUT2D eigenvalue weighted by Gasteiger charge is -2.19. The van der Waals surface area contributed by atoms with Crippen molar-refractivity contribution in [1.29, 1.82) is 0 Å². The lowest BCUT2D eigenvalue weighted by molar-refractivity contribution is -0.384. The second-order valence-electron chi connectivity index (χ2n) is 6.57. The van der Waals surface area contributed by atoms with Gasteiger partial charge in [-0.25, -0.2) is 13.6 Å². The number of primary sulfonamides is 1. The fourth-order valence-electron chi connectivity index (χ4n) is 3.24. The van der Waals surface area contributed by atoms with Crippen LogP contribution in [-0.2, 0) is 10.0 Å². The van der Waals surface area contributed by atoms with Crippen LogP contribution in [0.15, 0.2) is 83.8 Å². The molecule has 0 unspecified atom stereocenters. The van der Waals surface area contributed by atoms with Gasteiger partial charge in [-0.05, 0) is 29.7 Å². The molecule has 0 aromatic heterocycles. The highest BCUT2D eigenvalue weighted by Gasteiger charge is 2.20. The van der Waals surface area contributed by atoms with Crippen molar-refractivity contribution >= 4 is 21.4 Å². The summed E-state index contributed by atoms with van der Waals surface area (Å²) < 4.78 is 22.9. The monoisotopic (exact) mass is 411 g/mol. The Labute approximate surface area is 169 Å². The Balaban J connectivity index is 1.80. The Morgan fingerprint density at radius 2 is 1.48 bits per heavy atom. The molecule has 7 nitrogen and oxygen atoms in total. The first-order chi connectivity index (χ1) is 13.9. The first-order valence-electron chi connectivity index (χ1n) is 9.01. The molecular formula is C21H21N3O4S. The first kappa shape index (κ1) is 20.5. The van der Waals surface area contributed by atoms with Crippen LogP contribution in [0.4, 0.5) is 11.4 Å². The SMILES string of the molecule is NS(=O)(=O)c1ccc(NCCC(c2ccccc2)c2ccccc2)c([N+](=O)[O-])c1. The molecule has 3 rings (SSSR count). The Morgan fingerprint density at radius 3 is 1.97 bits per heavy atom. The van der Waals surface area contributed by atoms with Crippen LogP contribution in [0.25, 0.3) is 0 Å². The number of nitro groups is 1. The molecule has 0 aliphatic rings. The number of benzene rings is 3. The van der Waals surface area contributed by atoms with Gasteiger partial charge in [0.25, 0.3) is 5.69 Å². The van der Waals surface area contributed by atoms with Crippen LogP contribution in [0.1, 0.15) is 23.5 Å². The van der Waals surface area contributed by atoms with E-state index in [-0.39, 0.29) is 22.2 Å². The largest absolute Gasteiger partial charge is 0.379 e. The quantitative estimate of drug-likeness (QED) is 0.431. The number of nitro benzene ring substituents is 1. The van der Waals surface area contributed by atoms with Crippen LogP contribution in [-0.4, -0.2) is 19.9 Å². The van der Waals surface area contributed by atoms with E-state index < -0.39 is 14.9 Å². The summed E-state index contributed by atoms with van der Waals surface area (Å²) in [6.07, 6.45) is 0.697. The van der Waals surface area contributed by atoms with Gasteiger partial charge in [0.15, 0.2) is 0 Å². The molecule has 0 heterocycles. The average molecular weight is 411 g/mol. The Bertz CT molecular complexity index is 1050. The van der Waals surface area contributed by atoms with E-state index in [1.54, 1.807) is 0 Å². The molecule has 0 aliphatic heterocycles. The minimum Gasteiger partial charge on any atom is -0.379 e. The highest BCUT2D eigenvalue weighted by molar-refractivity contribution is 7.89. The lowest BCUT2D eigenvalue weighted by atomic mass is 9.88. The number of rotatable bonds is 8. The van der Waals surface area contributed by atoms with E-state index in [2.05, 4.69) is 29.6 Å². The van der Waals surface area contributed by atoms with Crippen LogP contribution in [0.5, 0.6) is 0 Å². The van der Waals surface area contributed by atoms with E-state index in [1.165, 1.54) is 12.1 Å². The number of nitrogens with two attached hydrogens (primary N) is 1. The predicted octanol–water partition coefficient (Wildman–Crippen LogP) is 3.88. The molecule has 3 N–H and O–H groups in total. The highest BCUT2D eigenvalue weighted by atomic mass is 32.2. The zero-order valence-electron chi connectivity index (χ0n) is 15.6. The fraction of sp³-hybridized carbons (Fsp3) is 0.143. The third kappa shape index (κ3) is 5.18. The van der Waals surface area contributed by atoms with Crippen molar-refractivity contribution in [3.63, 3.8) is 0 Å². The molecule has 3 aromatic carbocycles. The summed E-state index contributed by atoms with van der Waals surface area (Å²) in [7, 11) is -4.01. The third-order valence-corrected chi connectivity index (χ3v) is 5.56. The van der Waals surface area contributed by atoms with Gasteiger partial charge in [-0.2, -0.15) is 0 Å². The summed E-state index contributed by atoms with van der Waals surface area (Å²) >= 11 is 0. The van der Waals surface area contributed by atoms with E-state index >= 15 is 0 Å². The summed E-state index contributed by atoms with van der Waals surface area (Å²) in [6.45, 7) is 0.462. The van der Waals surface area contributed by atoms with Crippen LogP contribution >= 0.6 is 0 Å². The zero-order chi connectivity index (χ0) is 20.9. The molecule has 8 heteroatoms. The van der Waals surface area contributed by atoms with Gasteiger partial charge < -0.3 is 5.32 Å². The second-order valence-corrected chi connectivity index (χ2v) is 8.13. The molecule has 0 bridgehead atoms. The van der Waals surface area contributed by atoms with Gasteiger partial charge in [-0.3, -0.25) is 10.1 Å². The van der Waals surface area contributed by atoms with Gasteiger partial charge >= 0.3 is 0 Å². The van der Waals surface area contributed by atoms with Crippen LogP contribution in [0.3, 0.4) is 0 Å². The molecule has 3 aromatic rings. The highest BCUT2D eigenvalue weighted by Crippen LogP contribution is 2.30. The maximum Gasteiger partial charge on any atom is 0.293 e. The lowest BCUT2D eigenvalue weighted by Crippen LogP contribution is -2.14. The molecule has 0 aliphatic carbocycles. The average Bonchev–Trinajstić information content (AvgIpc) is 2.71. The normalized spacial score (nSPS) is 11.4. The Morgan fingerprint density at radius 1 is 0.931 bits per heavy atom. The molecule has 0 amide bonds. The molecule has 150 valence electrons. The van der Waals surface area contributed by atoms with Crippen molar-refractivity contribution in [2.75, 3.05) is 11.9 Å². The van der Waals surface area contributed by atoms with Crippen molar-refractivity contribution < 1.29 is 13.3 Å². The van der Waals surface area contributed by atoms with Crippen molar-refractivity contribution in [2.24, 2.45) is 5.14 Å². The molecule has 0 spiro atoms. The van der Waals surface area contributed by atoms with E-state index in [0.29, 0.717) is 13.0 Å². The third-order valence-electron chi connectivity index (χ3n) is 4.65. The minimum atomic E-state index is -4.01. The van der Waals surface area contributed by atoms with Crippen molar-refractivity contribution in [3.05, 3.63) is 100 Å². The van der Waals surface area contributed by atoms with E-state index in [1.807, 2.05) is 36.4 Å². The molecule has 0 radical (unpaired) electrons. The number of anilines is 1. The van der Waals surface area contributed by atoms with Crippen LogP contribution in [0.2, 0.25) is 0 Å².